The molecule has 1 aromatic rings. The summed E-state index contributed by atoms with van der Waals surface area (Å²) in [6.07, 6.45) is 21.4. The highest BCUT2D eigenvalue weighted by molar-refractivity contribution is 6.13. The molecule has 11 N–H and O–H groups in total. The number of hydrogen-bond acceptors (Lipinski definition) is 13. The number of nitrogens with two attached hydrogens (primary N) is 2. The maximum atomic E-state index is 12.5. The zero-order chi connectivity index (χ0) is 50.9. The van der Waals surface area contributed by atoms with Gasteiger partial charge in [0, 0.05) is 65.1 Å². The quantitative estimate of drug-likeness (QED) is 0.0255. The molecule has 408 valence electrons. The first-order chi connectivity index (χ1) is 34.5. The van der Waals surface area contributed by atoms with Gasteiger partial charge < -0.3 is 47.0 Å². The first kappa shape index (κ1) is 61.4. The van der Waals surface area contributed by atoms with Gasteiger partial charge in [0.2, 0.25) is 17.7 Å². The highest BCUT2D eigenvalue weighted by Crippen LogP contribution is 2.29. The van der Waals surface area contributed by atoms with Crippen molar-refractivity contribution in [3.05, 3.63) is 35.4 Å². The van der Waals surface area contributed by atoms with Crippen LogP contribution in [0.25, 0.3) is 0 Å². The summed E-state index contributed by atoms with van der Waals surface area (Å²) in [5.74, 6) is 3.79. The molecule has 4 aliphatic heterocycles. The van der Waals surface area contributed by atoms with Gasteiger partial charge in [-0.25, -0.2) is 9.67 Å². The summed E-state index contributed by atoms with van der Waals surface area (Å²) in [5.41, 5.74) is 13.1. The molecule has 0 aliphatic carbocycles. The fraction of sp³-hybridized carbons (Fsp3) is 0.830. The van der Waals surface area contributed by atoms with Gasteiger partial charge in [-0.2, -0.15) is 0 Å². The Balaban J connectivity index is 0.00000145. The number of piperidine rings is 4. The Morgan fingerprint density at radius 1 is 0.507 bits per heavy atom. The lowest BCUT2D eigenvalue weighted by molar-refractivity contribution is -0.122. The number of nitrogens with zero attached hydrogens (tertiary/aromatic N) is 4. The van der Waals surface area contributed by atoms with E-state index < -0.39 is 6.29 Å². The van der Waals surface area contributed by atoms with E-state index in [-0.39, 0.29) is 24.0 Å². The normalized spacial score (nSPS) is 19.5. The maximum absolute atomic E-state index is 12.5. The number of likely N-dealkylation sites (tertiary alicyclic amines) is 4. The van der Waals surface area contributed by atoms with Gasteiger partial charge in [-0.3, -0.25) is 25.0 Å². The molecular formula is C53H99Cl2N13O3. The molecule has 1 aromatic carbocycles. The number of rotatable bonds is 32. The van der Waals surface area contributed by atoms with E-state index in [0.29, 0.717) is 45.4 Å². The summed E-state index contributed by atoms with van der Waals surface area (Å²) in [5, 5.41) is 15.1. The molecule has 4 aliphatic rings. The van der Waals surface area contributed by atoms with Gasteiger partial charge in [-0.05, 0) is 188 Å². The molecule has 0 radical (unpaired) electrons. The molecule has 0 aromatic heterocycles. The Morgan fingerprint density at radius 2 is 0.845 bits per heavy atom. The highest BCUT2D eigenvalue weighted by atomic mass is 35.5. The minimum atomic E-state index is -0.463. The van der Waals surface area contributed by atoms with Crippen LogP contribution in [0.3, 0.4) is 0 Å². The molecule has 3 amide bonds. The van der Waals surface area contributed by atoms with Gasteiger partial charge in [0.1, 0.15) is 12.6 Å². The summed E-state index contributed by atoms with van der Waals surface area (Å²) >= 11 is 10.6. The van der Waals surface area contributed by atoms with Crippen molar-refractivity contribution in [1.82, 2.24) is 55.9 Å². The van der Waals surface area contributed by atoms with Gasteiger partial charge in [-0.1, -0.05) is 76.6 Å². The Hall–Kier alpha value is -2.19. The van der Waals surface area contributed by atoms with E-state index in [4.69, 9.17) is 35.0 Å². The second-order valence-electron chi connectivity index (χ2n) is 21.0. The van der Waals surface area contributed by atoms with Crippen molar-refractivity contribution in [1.29, 1.82) is 0 Å². The third-order valence-corrected chi connectivity index (χ3v) is 15.9. The molecule has 0 spiro atoms. The van der Waals surface area contributed by atoms with Crippen LogP contribution in [0.2, 0.25) is 0 Å². The van der Waals surface area contributed by atoms with Crippen LogP contribution < -0.4 is 47.7 Å². The Labute approximate surface area is 439 Å². The van der Waals surface area contributed by atoms with Crippen LogP contribution in [0.5, 0.6) is 0 Å². The van der Waals surface area contributed by atoms with Crippen LogP contribution in [0.4, 0.5) is 0 Å². The molecule has 71 heavy (non-hydrogen) atoms. The fourth-order valence-corrected chi connectivity index (χ4v) is 10.9. The molecule has 18 heteroatoms. The number of halogens is 2. The molecule has 4 saturated heterocycles. The van der Waals surface area contributed by atoms with E-state index in [1.165, 1.54) is 116 Å². The van der Waals surface area contributed by atoms with Gasteiger partial charge in [0.25, 0.3) is 0 Å². The molecule has 0 saturated carbocycles. The van der Waals surface area contributed by atoms with Crippen LogP contribution in [0.15, 0.2) is 24.3 Å². The van der Waals surface area contributed by atoms with Gasteiger partial charge >= 0.3 is 0 Å². The Morgan fingerprint density at radius 3 is 1.18 bits per heavy atom. The monoisotopic (exact) mass is 1040 g/mol. The number of carbonyl (C=O) groups is 3. The third kappa shape index (κ3) is 27.8. The molecule has 2 unspecified atom stereocenters. The van der Waals surface area contributed by atoms with Gasteiger partial charge in [-0.15, -0.1) is 0 Å². The zero-order valence-electron chi connectivity index (χ0n) is 44.2. The molecule has 5 rings (SSSR count). The third-order valence-electron chi connectivity index (χ3n) is 15.5. The minimum Gasteiger partial charge on any atom is -0.356 e. The van der Waals surface area contributed by atoms with Crippen LogP contribution in [0, 0.1) is 23.7 Å². The lowest BCUT2D eigenvalue weighted by Crippen LogP contribution is -2.44. The van der Waals surface area contributed by atoms with Gasteiger partial charge in [0.05, 0.1) is 0 Å². The predicted molar refractivity (Wildman–Crippen MR) is 292 cm³/mol. The van der Waals surface area contributed by atoms with E-state index in [0.717, 1.165) is 107 Å². The van der Waals surface area contributed by atoms with E-state index in [9.17, 15) is 14.4 Å². The average Bonchev–Trinajstić information content (AvgIpc) is 3.39. The standard InChI is InChI=1S/C50H89ClN10O3.C3H10ClN3/c1-2-27-58-28-14-41(15-29-58)6-3-7-42-16-30-59(31-17-42)36-22-47(62)53-25-5-26-54-48(63)23-37-60-32-18-43(19-33-60)8-4-9-44-20-34-61(35-21-44)38-24-49(64)55-39-45-10-12-46(13-11-45)40-56-50(52)57-51;1-2-6-3(5)7-4/h10-13,41-44,50,56-57H,2-9,14-40,52H2,1H3,(H,53,62)(H,54,63)(H,55,64);3,6-7H,2,5H2,1H3. The van der Waals surface area contributed by atoms with Crippen molar-refractivity contribution >= 4 is 41.3 Å². The smallest absolute Gasteiger partial charge is 0.221 e. The van der Waals surface area contributed by atoms with Crippen LogP contribution in [0.1, 0.15) is 147 Å². The van der Waals surface area contributed by atoms with E-state index >= 15 is 0 Å². The van der Waals surface area contributed by atoms with E-state index in [1.807, 2.05) is 31.2 Å². The molecule has 0 bridgehead atoms. The molecule has 16 nitrogen and oxygen atoms in total. The van der Waals surface area contributed by atoms with Crippen LogP contribution in [-0.4, -0.2) is 148 Å². The second-order valence-corrected chi connectivity index (χ2v) is 21.4. The predicted octanol–water partition coefficient (Wildman–Crippen LogP) is 5.35. The zero-order valence-corrected chi connectivity index (χ0v) is 45.7. The average molecular weight is 1040 g/mol. The largest absolute Gasteiger partial charge is 0.356 e. The second kappa shape index (κ2) is 37.5. The molecular weight excluding hydrogens is 938 g/mol. The van der Waals surface area contributed by atoms with Crippen molar-refractivity contribution in [2.75, 3.05) is 98.2 Å². The number of carbonyl (C=O) groups excluding carboxylic acids is 3. The van der Waals surface area contributed by atoms with Crippen molar-refractivity contribution in [3.63, 3.8) is 0 Å². The molecule has 2 atom stereocenters. The van der Waals surface area contributed by atoms with Gasteiger partial charge in [0.15, 0.2) is 0 Å². The van der Waals surface area contributed by atoms with Crippen molar-refractivity contribution in [3.8, 4) is 0 Å². The summed E-state index contributed by atoms with van der Waals surface area (Å²) < 4.78 is 0. The maximum Gasteiger partial charge on any atom is 0.221 e. The lowest BCUT2D eigenvalue weighted by atomic mass is 9.87. The van der Waals surface area contributed by atoms with E-state index in [2.05, 4.69) is 62.8 Å². The number of nitrogens with one attached hydrogen (secondary N) is 7. The lowest BCUT2D eigenvalue weighted by Gasteiger charge is -2.33. The molecule has 4 heterocycles. The first-order valence-corrected chi connectivity index (χ1v) is 28.8. The topological polar surface area (TPSA) is 200 Å². The summed E-state index contributed by atoms with van der Waals surface area (Å²) in [4.78, 5) is 52.4. The Bertz CT molecular complexity index is 1540. The fourth-order valence-electron chi connectivity index (χ4n) is 10.8. The summed E-state index contributed by atoms with van der Waals surface area (Å²) in [7, 11) is 0. The molecule has 4 fully saturated rings. The number of amides is 3. The van der Waals surface area contributed by atoms with Crippen molar-refractivity contribution in [2.45, 2.75) is 162 Å². The van der Waals surface area contributed by atoms with Crippen LogP contribution in [-0.2, 0) is 27.5 Å². The Kier molecular flexibility index (Phi) is 32.4. The first-order valence-electron chi connectivity index (χ1n) is 28.0. The van der Waals surface area contributed by atoms with Crippen molar-refractivity contribution in [2.24, 2.45) is 35.1 Å². The van der Waals surface area contributed by atoms with Crippen LogP contribution >= 0.6 is 23.6 Å². The highest BCUT2D eigenvalue weighted by Gasteiger charge is 2.24. The summed E-state index contributed by atoms with van der Waals surface area (Å²) in [6.45, 7) is 20.5. The number of hydrogen-bond donors (Lipinski definition) is 9. The number of benzene rings is 1. The van der Waals surface area contributed by atoms with Crippen molar-refractivity contribution < 1.29 is 14.4 Å². The van der Waals surface area contributed by atoms with E-state index in [1.54, 1.807) is 0 Å². The minimum absolute atomic E-state index is 0.106. The summed E-state index contributed by atoms with van der Waals surface area (Å²) in [6, 6.07) is 8.13. The SMILES string of the molecule is CCCN1CCC(CCCC2CCN(CCC(=O)NCCCNC(=O)CCN3CCC(CCCC4CCN(CCC(=O)NCc5ccc(CNC(N)NCl)cc5)CC4)CC3)CC2)CC1.CCNC(N)NCl.